The molecule has 1 aliphatic heterocycles. The van der Waals surface area contributed by atoms with E-state index in [4.69, 9.17) is 5.73 Å². The lowest BCUT2D eigenvalue weighted by atomic mass is 10.1. The van der Waals surface area contributed by atoms with Crippen molar-refractivity contribution in [3.05, 3.63) is 0 Å². The standard InChI is InChI=1S/C9H19N3O/c1-3-7(2)11-8-4-12(5-8)6-9(10)13/h7-8,11H,3-6H2,1-2H3,(H2,10,13). The molecule has 1 atom stereocenters. The quantitative estimate of drug-likeness (QED) is 0.609. The predicted octanol–water partition coefficient (Wildman–Crippen LogP) is -0.456. The van der Waals surface area contributed by atoms with Gasteiger partial charge in [0.05, 0.1) is 6.54 Å². The van der Waals surface area contributed by atoms with Gasteiger partial charge in [-0.05, 0) is 13.3 Å². The van der Waals surface area contributed by atoms with Gasteiger partial charge in [-0.25, -0.2) is 0 Å². The number of hydrogen-bond acceptors (Lipinski definition) is 3. The summed E-state index contributed by atoms with van der Waals surface area (Å²) < 4.78 is 0. The maximum atomic E-state index is 10.5. The van der Waals surface area contributed by atoms with E-state index in [0.717, 1.165) is 19.5 Å². The first kappa shape index (κ1) is 10.5. The topological polar surface area (TPSA) is 58.4 Å². The third kappa shape index (κ3) is 3.32. The van der Waals surface area contributed by atoms with Crippen LogP contribution in [0.15, 0.2) is 0 Å². The van der Waals surface area contributed by atoms with Crippen molar-refractivity contribution in [2.24, 2.45) is 5.73 Å². The number of likely N-dealkylation sites (tertiary alicyclic amines) is 1. The van der Waals surface area contributed by atoms with Crippen LogP contribution in [-0.4, -0.2) is 42.5 Å². The van der Waals surface area contributed by atoms with Gasteiger partial charge >= 0.3 is 0 Å². The minimum Gasteiger partial charge on any atom is -0.369 e. The highest BCUT2D eigenvalue weighted by Crippen LogP contribution is 2.07. The van der Waals surface area contributed by atoms with Crippen molar-refractivity contribution >= 4 is 5.91 Å². The molecule has 1 rings (SSSR count). The molecule has 13 heavy (non-hydrogen) atoms. The van der Waals surface area contributed by atoms with E-state index in [2.05, 4.69) is 24.1 Å². The van der Waals surface area contributed by atoms with Gasteiger partial charge in [-0.15, -0.1) is 0 Å². The largest absolute Gasteiger partial charge is 0.369 e. The number of carbonyl (C=O) groups excluding carboxylic acids is 1. The Balaban J connectivity index is 2.08. The van der Waals surface area contributed by atoms with Crippen LogP contribution in [0.5, 0.6) is 0 Å². The number of nitrogens with one attached hydrogen (secondary N) is 1. The summed E-state index contributed by atoms with van der Waals surface area (Å²) in [6.07, 6.45) is 1.15. The molecule has 76 valence electrons. The van der Waals surface area contributed by atoms with Crippen molar-refractivity contribution in [3.8, 4) is 0 Å². The molecule has 0 saturated carbocycles. The van der Waals surface area contributed by atoms with Gasteiger partial charge in [0.25, 0.3) is 0 Å². The lowest BCUT2D eigenvalue weighted by Crippen LogP contribution is -2.61. The van der Waals surface area contributed by atoms with Gasteiger partial charge in [0, 0.05) is 25.2 Å². The van der Waals surface area contributed by atoms with Gasteiger partial charge in [0.2, 0.25) is 5.91 Å². The van der Waals surface area contributed by atoms with Crippen LogP contribution in [-0.2, 0) is 4.79 Å². The van der Waals surface area contributed by atoms with E-state index < -0.39 is 0 Å². The van der Waals surface area contributed by atoms with Gasteiger partial charge in [-0.2, -0.15) is 0 Å². The highest BCUT2D eigenvalue weighted by molar-refractivity contribution is 5.76. The van der Waals surface area contributed by atoms with Gasteiger partial charge in [-0.1, -0.05) is 6.92 Å². The fourth-order valence-corrected chi connectivity index (χ4v) is 1.54. The molecule has 1 saturated heterocycles. The number of amides is 1. The Kier molecular flexibility index (Phi) is 3.69. The maximum absolute atomic E-state index is 10.5. The van der Waals surface area contributed by atoms with Crippen molar-refractivity contribution in [2.45, 2.75) is 32.4 Å². The molecule has 0 aromatic heterocycles. The smallest absolute Gasteiger partial charge is 0.231 e. The zero-order chi connectivity index (χ0) is 9.84. The molecule has 0 aliphatic carbocycles. The minimum atomic E-state index is -0.234. The van der Waals surface area contributed by atoms with Gasteiger partial charge in [0.1, 0.15) is 0 Å². The number of nitrogens with zero attached hydrogens (tertiary/aromatic N) is 1. The summed E-state index contributed by atoms with van der Waals surface area (Å²) in [7, 11) is 0. The molecule has 1 aliphatic rings. The van der Waals surface area contributed by atoms with Crippen LogP contribution in [0, 0.1) is 0 Å². The number of primary amides is 1. The Morgan fingerprint density at radius 3 is 2.77 bits per heavy atom. The molecule has 0 radical (unpaired) electrons. The van der Waals surface area contributed by atoms with Gasteiger partial charge in [0.15, 0.2) is 0 Å². The lowest BCUT2D eigenvalue weighted by Gasteiger charge is -2.40. The summed E-state index contributed by atoms with van der Waals surface area (Å²) in [5, 5.41) is 3.48. The number of rotatable bonds is 5. The second-order valence-electron chi connectivity index (χ2n) is 3.83. The molecule has 0 aromatic rings. The second-order valence-corrected chi connectivity index (χ2v) is 3.83. The van der Waals surface area contributed by atoms with Crippen LogP contribution < -0.4 is 11.1 Å². The Bertz CT molecular complexity index is 178. The predicted molar refractivity (Wildman–Crippen MR) is 52.3 cm³/mol. The van der Waals surface area contributed by atoms with Crippen LogP contribution in [0.1, 0.15) is 20.3 Å². The maximum Gasteiger partial charge on any atom is 0.231 e. The van der Waals surface area contributed by atoms with E-state index in [9.17, 15) is 4.79 Å². The molecule has 1 unspecified atom stereocenters. The Hall–Kier alpha value is -0.610. The Morgan fingerprint density at radius 2 is 2.31 bits per heavy atom. The highest BCUT2D eigenvalue weighted by atomic mass is 16.1. The molecular formula is C9H19N3O. The van der Waals surface area contributed by atoms with E-state index in [1.165, 1.54) is 0 Å². The number of nitrogens with two attached hydrogens (primary N) is 1. The first-order chi connectivity index (χ1) is 6.11. The summed E-state index contributed by atoms with van der Waals surface area (Å²) in [5.74, 6) is -0.234. The zero-order valence-electron chi connectivity index (χ0n) is 8.42. The molecule has 1 amide bonds. The molecule has 0 spiro atoms. The van der Waals surface area contributed by atoms with Crippen molar-refractivity contribution in [1.29, 1.82) is 0 Å². The first-order valence-electron chi connectivity index (χ1n) is 4.88. The van der Waals surface area contributed by atoms with E-state index in [-0.39, 0.29) is 5.91 Å². The average molecular weight is 185 g/mol. The summed E-state index contributed by atoms with van der Waals surface area (Å²) in [6.45, 7) is 6.65. The summed E-state index contributed by atoms with van der Waals surface area (Å²) in [5.41, 5.74) is 5.07. The molecule has 3 N–H and O–H groups in total. The van der Waals surface area contributed by atoms with Crippen molar-refractivity contribution in [1.82, 2.24) is 10.2 Å². The third-order valence-electron chi connectivity index (χ3n) is 2.47. The number of hydrogen-bond donors (Lipinski definition) is 2. The first-order valence-corrected chi connectivity index (χ1v) is 4.88. The fourth-order valence-electron chi connectivity index (χ4n) is 1.54. The fraction of sp³-hybridized carbons (Fsp3) is 0.889. The van der Waals surface area contributed by atoms with Crippen LogP contribution in [0.25, 0.3) is 0 Å². The lowest BCUT2D eigenvalue weighted by molar-refractivity contribution is -0.120. The summed E-state index contributed by atoms with van der Waals surface area (Å²) >= 11 is 0. The van der Waals surface area contributed by atoms with E-state index in [1.807, 2.05) is 0 Å². The second kappa shape index (κ2) is 4.58. The Morgan fingerprint density at radius 1 is 1.69 bits per heavy atom. The zero-order valence-corrected chi connectivity index (χ0v) is 8.42. The summed E-state index contributed by atoms with van der Waals surface area (Å²) in [6, 6.07) is 1.12. The SMILES string of the molecule is CCC(C)NC1CN(CC(N)=O)C1. The molecule has 4 nitrogen and oxygen atoms in total. The molecule has 0 aromatic carbocycles. The van der Waals surface area contributed by atoms with Crippen LogP contribution in [0.3, 0.4) is 0 Å². The van der Waals surface area contributed by atoms with Crippen LogP contribution in [0.4, 0.5) is 0 Å². The minimum absolute atomic E-state index is 0.234. The Labute approximate surface area is 79.5 Å². The molecule has 1 heterocycles. The molecule has 0 bridgehead atoms. The van der Waals surface area contributed by atoms with E-state index in [1.54, 1.807) is 0 Å². The molecule has 4 heteroatoms. The van der Waals surface area contributed by atoms with Gasteiger partial charge < -0.3 is 11.1 Å². The van der Waals surface area contributed by atoms with Gasteiger partial charge in [-0.3, -0.25) is 9.69 Å². The average Bonchev–Trinajstić information content (AvgIpc) is 1.99. The molecule has 1 fully saturated rings. The highest BCUT2D eigenvalue weighted by Gasteiger charge is 2.27. The third-order valence-corrected chi connectivity index (χ3v) is 2.47. The van der Waals surface area contributed by atoms with Crippen molar-refractivity contribution < 1.29 is 4.79 Å². The van der Waals surface area contributed by atoms with E-state index in [0.29, 0.717) is 18.6 Å². The summed E-state index contributed by atoms with van der Waals surface area (Å²) in [4.78, 5) is 12.6. The van der Waals surface area contributed by atoms with E-state index >= 15 is 0 Å². The normalized spacial score (nSPS) is 21.1. The van der Waals surface area contributed by atoms with Crippen LogP contribution >= 0.6 is 0 Å². The van der Waals surface area contributed by atoms with Crippen molar-refractivity contribution in [2.75, 3.05) is 19.6 Å². The monoisotopic (exact) mass is 185 g/mol. The molecular weight excluding hydrogens is 166 g/mol. The van der Waals surface area contributed by atoms with Crippen LogP contribution in [0.2, 0.25) is 0 Å². The van der Waals surface area contributed by atoms with Crippen molar-refractivity contribution in [3.63, 3.8) is 0 Å². The number of carbonyl (C=O) groups is 1.